The summed E-state index contributed by atoms with van der Waals surface area (Å²) in [6.45, 7) is 18.8. The van der Waals surface area contributed by atoms with Gasteiger partial charge in [-0.05, 0) is 259 Å². The topological polar surface area (TPSA) is 230 Å². The molecule has 24 nitrogen and oxygen atoms in total. The Morgan fingerprint density at radius 2 is 0.853 bits per heavy atom. The van der Waals surface area contributed by atoms with Crippen molar-refractivity contribution in [2.24, 2.45) is 11.8 Å². The molecule has 4 spiro atoms. The number of aryl methyl sites for hydroxylation is 1. The lowest BCUT2D eigenvalue weighted by molar-refractivity contribution is -0.145. The number of sulfone groups is 1. The maximum absolute atomic E-state index is 14.9. The molecular formula is C100H121ClF10N12O12S. The summed E-state index contributed by atoms with van der Waals surface area (Å²) in [5, 5.41) is 11.4. The number of amides is 4. The van der Waals surface area contributed by atoms with Gasteiger partial charge in [0.15, 0.2) is 27.1 Å². The van der Waals surface area contributed by atoms with E-state index in [4.69, 9.17) is 25.8 Å². The van der Waals surface area contributed by atoms with E-state index in [1.54, 1.807) is 83.5 Å². The summed E-state index contributed by atoms with van der Waals surface area (Å²) < 4.78 is 183. The second kappa shape index (κ2) is 38.3. The predicted molar refractivity (Wildman–Crippen MR) is 491 cm³/mol. The van der Waals surface area contributed by atoms with Crippen molar-refractivity contribution >= 4 is 56.6 Å². The fraction of sp³-hybridized carbons (Fsp3) is 0.540. The number of rotatable bonds is 14. The maximum atomic E-state index is 14.9. The molecule has 736 valence electrons. The van der Waals surface area contributed by atoms with E-state index in [2.05, 4.69) is 32.4 Å². The number of ketones is 2. The van der Waals surface area contributed by atoms with Crippen molar-refractivity contribution < 1.29 is 100 Å². The van der Waals surface area contributed by atoms with Gasteiger partial charge in [0.2, 0.25) is 0 Å². The van der Waals surface area contributed by atoms with E-state index in [1.165, 1.54) is 52.3 Å². The van der Waals surface area contributed by atoms with Gasteiger partial charge in [-0.1, -0.05) is 44.4 Å². The van der Waals surface area contributed by atoms with Gasteiger partial charge in [0, 0.05) is 156 Å². The zero-order valence-electron chi connectivity index (χ0n) is 79.0. The largest absolute Gasteiger partial charge is 0.495 e. The van der Waals surface area contributed by atoms with Crippen LogP contribution in [0.5, 0.6) is 17.2 Å². The molecule has 1 N–H and O–H groups in total. The van der Waals surface area contributed by atoms with Gasteiger partial charge in [0.25, 0.3) is 29.4 Å². The molecule has 0 unspecified atom stereocenters. The number of alkyl halides is 9. The van der Waals surface area contributed by atoms with E-state index in [1.807, 2.05) is 83.6 Å². The highest BCUT2D eigenvalue weighted by molar-refractivity contribution is 7.91. The first-order valence-electron chi connectivity index (χ1n) is 46.7. The molecule has 4 saturated heterocycles. The fourth-order valence-corrected chi connectivity index (χ4v) is 24.1. The summed E-state index contributed by atoms with van der Waals surface area (Å²) in [6, 6.07) is 32.1. The van der Waals surface area contributed by atoms with Crippen LogP contribution in [-0.4, -0.2) is 245 Å². The zero-order valence-corrected chi connectivity index (χ0v) is 80.6. The predicted octanol–water partition coefficient (Wildman–Crippen LogP) is 17.1. The molecular weight excluding hydrogens is 1820 g/mol. The van der Waals surface area contributed by atoms with Gasteiger partial charge in [0.1, 0.15) is 28.6 Å². The molecule has 8 aliphatic heterocycles. The molecule has 4 aromatic carbocycles. The Kier molecular flexibility index (Phi) is 28.3. The van der Waals surface area contributed by atoms with E-state index in [9.17, 15) is 86.2 Å². The van der Waals surface area contributed by atoms with Crippen molar-refractivity contribution in [3.63, 3.8) is 0 Å². The van der Waals surface area contributed by atoms with Gasteiger partial charge >= 0.3 is 18.5 Å². The minimum absolute atomic E-state index is 0.00165. The van der Waals surface area contributed by atoms with Crippen LogP contribution in [0.15, 0.2) is 126 Å². The van der Waals surface area contributed by atoms with Crippen LogP contribution < -0.4 is 14.2 Å². The van der Waals surface area contributed by atoms with Crippen molar-refractivity contribution in [3.05, 3.63) is 211 Å². The van der Waals surface area contributed by atoms with Crippen molar-refractivity contribution in [2.45, 2.75) is 214 Å². The first-order chi connectivity index (χ1) is 64.0. The lowest BCUT2D eigenvalue weighted by atomic mass is 9.81. The molecule has 18 rings (SSSR count). The number of benzene rings is 4. The second-order valence-electron chi connectivity index (χ2n) is 39.5. The molecule has 6 fully saturated rings. The lowest BCUT2D eigenvalue weighted by Gasteiger charge is -2.50. The standard InChI is InChI=1S/C27H32F3N3O3.C25H31F4N3O3.C24H28ClN3O3.C24H30F3N3O3S/c1-18-17-19(5-6-20(18)26(36)9-3-4-10-26)24(35)32-13-11-25(12-14-32)22-8-7-21(23(34)27(28,29)30)33(22)16-15-31(25)2;1-23(2,3)35-18-7-6-16(14-19(18)34-5)22(33)31-10-8-24(9-11-31)21-17(26)15-20(25(27,28)29)32(21)13-12-30(24)4;1-26-13-14-28-19(22(29)16-3-4-16)6-8-21(28)24(26)9-11-27(12-10-24)23(30)17-5-7-20(31-2)18(25)15-17;1-17(2)16-34(32,33)19-6-4-18(5-7-19)22(31)29-12-10-23(11-13-29)20-8-9-21(24(25,26)27)30(20)15-14-28(23)3/h5-8,17,36H,3-4,9-16H2,1-2H3;6-7,14-15H,8-13H2,1-5H3;5-8,15-16H,3-4,9-14H2,1-2H3;4-9,17H,10-16H2,1-3H3. The monoisotopic (exact) mass is 1940 g/mol. The Bertz CT molecular complexity index is 5930. The molecule has 0 bridgehead atoms. The van der Waals surface area contributed by atoms with E-state index >= 15 is 0 Å². The molecule has 8 aromatic rings. The number of hydrogen-bond acceptors (Lipinski definition) is 16. The smallest absolute Gasteiger partial charge is 0.456 e. The molecule has 2 saturated carbocycles. The van der Waals surface area contributed by atoms with Gasteiger partial charge in [-0.15, -0.1) is 0 Å². The Morgan fingerprint density at radius 1 is 0.456 bits per heavy atom. The van der Waals surface area contributed by atoms with E-state index in [0.717, 1.165) is 91.9 Å². The number of nitrogens with zero attached hydrogens (tertiary/aromatic N) is 12. The summed E-state index contributed by atoms with van der Waals surface area (Å²) in [5.74, 6) is -1.07. The molecule has 12 heterocycles. The van der Waals surface area contributed by atoms with Crippen LogP contribution in [0.2, 0.25) is 5.02 Å². The minimum atomic E-state index is -4.91. The summed E-state index contributed by atoms with van der Waals surface area (Å²) in [5.41, 5.74) is 2.06. The number of methoxy groups -OCH3 is 2. The number of likely N-dealkylation sites (N-methyl/N-ethyl adjacent to an activating group) is 4. The first kappa shape index (κ1) is 100. The Balaban J connectivity index is 0.000000138. The van der Waals surface area contributed by atoms with Crippen molar-refractivity contribution in [3.8, 4) is 17.2 Å². The lowest BCUT2D eigenvalue weighted by Crippen LogP contribution is -2.57. The van der Waals surface area contributed by atoms with Crippen molar-refractivity contribution in [1.29, 1.82) is 0 Å². The molecule has 4 amide bonds. The third kappa shape index (κ3) is 19.5. The summed E-state index contributed by atoms with van der Waals surface area (Å²) in [4.78, 5) is 93.3. The Labute approximate surface area is 791 Å². The highest BCUT2D eigenvalue weighted by atomic mass is 35.5. The number of fused-ring (bicyclic) bond motifs is 8. The van der Waals surface area contributed by atoms with Crippen LogP contribution in [-0.2, 0) is 76.1 Å². The van der Waals surface area contributed by atoms with Crippen LogP contribution in [0.1, 0.15) is 232 Å². The van der Waals surface area contributed by atoms with Crippen LogP contribution in [0, 0.1) is 24.6 Å². The molecule has 0 atom stereocenters. The van der Waals surface area contributed by atoms with E-state index < -0.39 is 79.2 Å². The Hall–Kier alpha value is -10.0. The number of hydrogen-bond donors (Lipinski definition) is 1. The average molecular weight is 1940 g/mol. The van der Waals surface area contributed by atoms with Gasteiger partial charge in [-0.2, -0.15) is 39.5 Å². The summed E-state index contributed by atoms with van der Waals surface area (Å²) >= 11 is 6.23. The second-order valence-corrected chi connectivity index (χ2v) is 41.9. The van der Waals surface area contributed by atoms with Crippen LogP contribution in [0.3, 0.4) is 0 Å². The van der Waals surface area contributed by atoms with Crippen LogP contribution >= 0.6 is 11.6 Å². The highest BCUT2D eigenvalue weighted by Gasteiger charge is 2.54. The molecule has 36 heteroatoms. The molecule has 0 radical (unpaired) electrons. The first-order valence-corrected chi connectivity index (χ1v) is 48.7. The fourth-order valence-electron chi connectivity index (χ4n) is 22.3. The number of aromatic nitrogens is 4. The van der Waals surface area contributed by atoms with Gasteiger partial charge in [0.05, 0.1) is 74.7 Å². The van der Waals surface area contributed by atoms with Crippen LogP contribution in [0.4, 0.5) is 43.9 Å². The number of aliphatic hydroxyl groups is 1. The zero-order chi connectivity index (χ0) is 98.3. The SMILES string of the molecule is CC(C)CS(=O)(=O)c1ccc(C(=O)N2CCC3(CC2)c2ccc(C(F)(F)F)n2CCN3C)cc1.COc1cc(C(=O)N2CCC3(CC2)c2c(F)cc(C(F)(F)F)n2CCN3C)ccc1OC(C)(C)C.COc1ccc(C(=O)N2CCC3(CC2)c2ccc(C(=O)C4CC4)n2CCN3C)cc1Cl.Cc1cc(C(=O)N2CCC3(CC2)c2ccc(C(=O)C(F)(F)F)n2CCN3C)ccc1C1(O)CCCC1. The number of ether oxygens (including phenoxy) is 3. The summed E-state index contributed by atoms with van der Waals surface area (Å²) in [6.07, 6.45) is -3.90. The minimum Gasteiger partial charge on any atom is -0.495 e. The number of Topliss-reactive ketones (excluding diaryl/α,β-unsaturated/α-hetero) is 2. The third-order valence-corrected chi connectivity index (χ3v) is 32.2. The van der Waals surface area contributed by atoms with Crippen molar-refractivity contribution in [2.75, 3.05) is 127 Å². The molecule has 2 aliphatic carbocycles. The third-order valence-electron chi connectivity index (χ3n) is 29.8. The Morgan fingerprint density at radius 3 is 1.29 bits per heavy atom. The highest BCUT2D eigenvalue weighted by Crippen LogP contribution is 2.51. The maximum Gasteiger partial charge on any atom is 0.456 e. The average Bonchev–Trinajstić information content (AvgIpc) is 1.50. The van der Waals surface area contributed by atoms with Gasteiger partial charge in [-0.3, -0.25) is 48.4 Å². The van der Waals surface area contributed by atoms with Gasteiger partial charge in [-0.25, -0.2) is 12.8 Å². The molecule has 10 aliphatic rings. The quantitative estimate of drug-likeness (QED) is 0.0788. The van der Waals surface area contributed by atoms with Crippen molar-refractivity contribution in [1.82, 2.24) is 57.5 Å². The van der Waals surface area contributed by atoms with Gasteiger partial charge < -0.3 is 57.2 Å². The normalized spacial score (nSPS) is 19.9. The number of halogens is 11. The number of carbonyl (C=O) groups is 6. The molecule has 4 aromatic heterocycles. The number of carbonyl (C=O) groups excluding carboxylic acids is 6. The number of likely N-dealkylation sites (tertiary alicyclic amines) is 4. The van der Waals surface area contributed by atoms with Crippen LogP contribution in [0.25, 0.3) is 0 Å². The summed E-state index contributed by atoms with van der Waals surface area (Å²) in [7, 11) is 7.52. The van der Waals surface area contributed by atoms with E-state index in [-0.39, 0.29) is 89.2 Å². The van der Waals surface area contributed by atoms with E-state index in [0.29, 0.717) is 172 Å². The molecule has 136 heavy (non-hydrogen) atoms. The number of piperidine rings is 4.